The largest absolute Gasteiger partial charge is 0.0877 e. The molecule has 0 aliphatic carbocycles. The zero-order valence-corrected chi connectivity index (χ0v) is 14.5. The Labute approximate surface area is 149 Å². The molecule has 4 aromatic rings. The molecule has 2 heteroatoms. The van der Waals surface area contributed by atoms with Crippen LogP contribution in [0.25, 0.3) is 21.9 Å². The molecule has 0 saturated heterocycles. The maximum atomic E-state index is 2.34. The monoisotopic (exact) mass is 342 g/mol. The van der Waals surface area contributed by atoms with Gasteiger partial charge in [-0.3, -0.25) is 0 Å². The zero-order valence-electron chi connectivity index (χ0n) is 12.9. The normalized spacial score (nSPS) is 12.7. The number of rotatable bonds is 1. The first-order valence-corrected chi connectivity index (χ1v) is 9.59. The molecule has 0 fully saturated rings. The molecule has 1 aliphatic rings. The predicted molar refractivity (Wildman–Crippen MR) is 104 cm³/mol. The Morgan fingerprint density at radius 1 is 0.500 bits per heavy atom. The van der Waals surface area contributed by atoms with Gasteiger partial charge in [0.25, 0.3) is 0 Å². The van der Waals surface area contributed by atoms with E-state index in [9.17, 15) is 0 Å². The molecule has 1 aliphatic heterocycles. The average Bonchev–Trinajstić information content (AvgIpc) is 2.65. The van der Waals surface area contributed by atoms with Crippen molar-refractivity contribution in [1.82, 2.24) is 0 Å². The molecule has 114 valence electrons. The van der Waals surface area contributed by atoms with E-state index >= 15 is 0 Å². The smallest absolute Gasteiger partial charge is 0.0268 e. The third kappa shape index (κ3) is 2.34. The van der Waals surface area contributed by atoms with Crippen LogP contribution < -0.4 is 0 Å². The summed E-state index contributed by atoms with van der Waals surface area (Å²) in [6, 6.07) is 30.6. The molecule has 5 rings (SSSR count). The standard InChI is InChI=1S/C22H14S2/c1-2-8-17-15(6-1)7-5-9-18(17)16-12-13-21-22(14-16)24-20-11-4-3-10-19(20)23-21/h1-14H. The van der Waals surface area contributed by atoms with Crippen LogP contribution in [0.1, 0.15) is 0 Å². The number of hydrogen-bond acceptors (Lipinski definition) is 2. The van der Waals surface area contributed by atoms with Gasteiger partial charge in [-0.1, -0.05) is 84.2 Å². The third-order valence-corrected chi connectivity index (χ3v) is 6.88. The van der Waals surface area contributed by atoms with Crippen LogP contribution >= 0.6 is 23.5 Å². The molecule has 4 aromatic carbocycles. The lowest BCUT2D eigenvalue weighted by molar-refractivity contribution is 1.16. The van der Waals surface area contributed by atoms with E-state index in [1.165, 1.54) is 41.5 Å². The van der Waals surface area contributed by atoms with Crippen molar-refractivity contribution in [2.75, 3.05) is 0 Å². The van der Waals surface area contributed by atoms with Crippen molar-refractivity contribution in [3.05, 3.63) is 84.9 Å². The van der Waals surface area contributed by atoms with Crippen molar-refractivity contribution in [2.45, 2.75) is 19.6 Å². The highest BCUT2D eigenvalue weighted by atomic mass is 32.2. The quantitative estimate of drug-likeness (QED) is 0.318. The summed E-state index contributed by atoms with van der Waals surface area (Å²) in [5.41, 5.74) is 2.60. The van der Waals surface area contributed by atoms with E-state index in [0.29, 0.717) is 0 Å². The second-order valence-electron chi connectivity index (χ2n) is 5.84. The van der Waals surface area contributed by atoms with Crippen LogP contribution in [0.15, 0.2) is 105 Å². The lowest BCUT2D eigenvalue weighted by atomic mass is 9.98. The summed E-state index contributed by atoms with van der Waals surface area (Å²) in [4.78, 5) is 5.41. The first-order chi connectivity index (χ1) is 11.9. The van der Waals surface area contributed by atoms with Crippen molar-refractivity contribution in [1.29, 1.82) is 0 Å². The molecule has 0 spiro atoms. The number of fused-ring (bicyclic) bond motifs is 3. The summed E-state index contributed by atoms with van der Waals surface area (Å²) < 4.78 is 0. The van der Waals surface area contributed by atoms with E-state index in [4.69, 9.17) is 0 Å². The van der Waals surface area contributed by atoms with Crippen molar-refractivity contribution < 1.29 is 0 Å². The van der Waals surface area contributed by atoms with Gasteiger partial charge < -0.3 is 0 Å². The topological polar surface area (TPSA) is 0 Å². The number of benzene rings is 4. The average molecular weight is 342 g/mol. The van der Waals surface area contributed by atoms with Crippen LogP contribution in [0.2, 0.25) is 0 Å². The maximum Gasteiger partial charge on any atom is 0.0268 e. The van der Waals surface area contributed by atoms with Crippen LogP contribution in [0, 0.1) is 0 Å². The van der Waals surface area contributed by atoms with Crippen molar-refractivity contribution in [3.63, 3.8) is 0 Å². The molecule has 0 aromatic heterocycles. The Balaban J connectivity index is 1.64. The Hall–Kier alpha value is -2.16. The van der Waals surface area contributed by atoms with Gasteiger partial charge in [-0.15, -0.1) is 0 Å². The summed E-state index contributed by atoms with van der Waals surface area (Å²) >= 11 is 3.75. The minimum atomic E-state index is 1.29. The SMILES string of the molecule is c1ccc2c(c1)Sc1ccc(-c3cccc4ccccc34)cc1S2. The maximum absolute atomic E-state index is 2.34. The Morgan fingerprint density at radius 2 is 1.17 bits per heavy atom. The van der Waals surface area contributed by atoms with Crippen molar-refractivity contribution in [3.8, 4) is 11.1 Å². The van der Waals surface area contributed by atoms with Crippen molar-refractivity contribution in [2.24, 2.45) is 0 Å². The zero-order chi connectivity index (χ0) is 15.9. The molecule has 0 saturated carbocycles. The van der Waals surface area contributed by atoms with E-state index in [1.807, 2.05) is 23.5 Å². The molecule has 0 bridgehead atoms. The van der Waals surface area contributed by atoms with Gasteiger partial charge in [0, 0.05) is 19.6 Å². The first kappa shape index (κ1) is 14.2. The second kappa shape index (κ2) is 5.73. The highest BCUT2D eigenvalue weighted by Gasteiger charge is 2.17. The predicted octanol–water partition coefficient (Wildman–Crippen LogP) is 7.12. The van der Waals surface area contributed by atoms with Gasteiger partial charge in [0.15, 0.2) is 0 Å². The van der Waals surface area contributed by atoms with Gasteiger partial charge in [-0.25, -0.2) is 0 Å². The fourth-order valence-corrected chi connectivity index (χ4v) is 5.43. The molecular formula is C22H14S2. The summed E-state index contributed by atoms with van der Waals surface area (Å²) in [6.45, 7) is 0. The lowest BCUT2D eigenvalue weighted by Gasteiger charge is -2.19. The fraction of sp³-hybridized carbons (Fsp3) is 0. The van der Waals surface area contributed by atoms with Crippen LogP contribution in [0.3, 0.4) is 0 Å². The van der Waals surface area contributed by atoms with Crippen molar-refractivity contribution >= 4 is 34.3 Å². The Bertz CT molecular complexity index is 1060. The van der Waals surface area contributed by atoms with E-state index < -0.39 is 0 Å². The first-order valence-electron chi connectivity index (χ1n) is 7.95. The molecule has 0 N–H and O–H groups in total. The van der Waals surface area contributed by atoms with Gasteiger partial charge in [0.2, 0.25) is 0 Å². The summed E-state index contributed by atoms with van der Waals surface area (Å²) in [7, 11) is 0. The minimum absolute atomic E-state index is 1.29. The summed E-state index contributed by atoms with van der Waals surface area (Å²) in [6.07, 6.45) is 0. The van der Waals surface area contributed by atoms with Gasteiger partial charge in [0.05, 0.1) is 0 Å². The highest BCUT2D eigenvalue weighted by Crippen LogP contribution is 2.49. The molecule has 0 nitrogen and oxygen atoms in total. The summed E-state index contributed by atoms with van der Waals surface area (Å²) in [5, 5.41) is 2.61. The summed E-state index contributed by atoms with van der Waals surface area (Å²) in [5.74, 6) is 0. The Morgan fingerprint density at radius 3 is 2.04 bits per heavy atom. The van der Waals surface area contributed by atoms with Crippen LogP contribution in [0.5, 0.6) is 0 Å². The Kier molecular flexibility index (Phi) is 3.39. The molecule has 0 amide bonds. The number of hydrogen-bond donors (Lipinski definition) is 0. The molecule has 0 radical (unpaired) electrons. The fourth-order valence-electron chi connectivity index (χ4n) is 3.17. The van der Waals surface area contributed by atoms with Gasteiger partial charge in [-0.2, -0.15) is 0 Å². The molecule has 24 heavy (non-hydrogen) atoms. The van der Waals surface area contributed by atoms with E-state index in [0.717, 1.165) is 0 Å². The van der Waals surface area contributed by atoms with Gasteiger partial charge >= 0.3 is 0 Å². The lowest BCUT2D eigenvalue weighted by Crippen LogP contribution is -1.90. The van der Waals surface area contributed by atoms with E-state index in [-0.39, 0.29) is 0 Å². The molecular weight excluding hydrogens is 328 g/mol. The van der Waals surface area contributed by atoms with Gasteiger partial charge in [0.1, 0.15) is 0 Å². The van der Waals surface area contributed by atoms with Crippen LogP contribution in [0.4, 0.5) is 0 Å². The van der Waals surface area contributed by atoms with Gasteiger partial charge in [-0.05, 0) is 46.2 Å². The third-order valence-electron chi connectivity index (χ3n) is 4.33. The molecule has 1 heterocycles. The van der Waals surface area contributed by atoms with E-state index in [1.54, 1.807) is 0 Å². The van der Waals surface area contributed by atoms with Crippen LogP contribution in [-0.4, -0.2) is 0 Å². The second-order valence-corrected chi connectivity index (χ2v) is 8.01. The molecule has 0 unspecified atom stereocenters. The minimum Gasteiger partial charge on any atom is -0.0877 e. The highest BCUT2D eigenvalue weighted by molar-refractivity contribution is 8.05. The van der Waals surface area contributed by atoms with Crippen LogP contribution in [-0.2, 0) is 0 Å². The molecule has 0 atom stereocenters. The van der Waals surface area contributed by atoms with E-state index in [2.05, 4.69) is 84.9 Å².